The minimum Gasteiger partial charge on any atom is -0.492 e. The zero-order valence-corrected chi connectivity index (χ0v) is 12.3. The van der Waals surface area contributed by atoms with Gasteiger partial charge in [0, 0.05) is 6.20 Å². The van der Waals surface area contributed by atoms with Crippen molar-refractivity contribution in [2.75, 3.05) is 33.0 Å². The van der Waals surface area contributed by atoms with Crippen LogP contribution in [0.1, 0.15) is 31.9 Å². The van der Waals surface area contributed by atoms with E-state index in [4.69, 9.17) is 14.2 Å². The van der Waals surface area contributed by atoms with E-state index in [2.05, 4.69) is 24.1 Å². The normalized spacial score (nSPS) is 20.6. The van der Waals surface area contributed by atoms with Crippen LogP contribution in [0.2, 0.25) is 0 Å². The molecule has 1 saturated heterocycles. The molecule has 1 aliphatic heterocycles. The Kier molecular flexibility index (Phi) is 6.24. The van der Waals surface area contributed by atoms with Crippen LogP contribution in [0.3, 0.4) is 0 Å². The molecule has 5 heteroatoms. The Morgan fingerprint density at radius 2 is 2.30 bits per heavy atom. The van der Waals surface area contributed by atoms with Crippen LogP contribution < -0.4 is 10.1 Å². The molecule has 1 aromatic rings. The Bertz CT molecular complexity index is 394. The number of nitrogens with zero attached hydrogens (tertiary/aromatic N) is 1. The standard InChI is InChI=1S/C15H24N2O3/c1-3-5-19-13-8-12(9-16-10-13)15(17-4-2)14-11-18-6-7-20-14/h8-10,14-15,17H,3-7,11H2,1-2H3. The molecule has 2 heterocycles. The molecule has 1 aliphatic rings. The van der Waals surface area contributed by atoms with Crippen molar-refractivity contribution in [3.05, 3.63) is 24.0 Å². The number of ether oxygens (including phenoxy) is 3. The second-order valence-corrected chi connectivity index (χ2v) is 4.82. The van der Waals surface area contributed by atoms with Crippen molar-refractivity contribution in [2.24, 2.45) is 0 Å². The highest BCUT2D eigenvalue weighted by Crippen LogP contribution is 2.24. The molecular weight excluding hydrogens is 256 g/mol. The molecule has 0 amide bonds. The summed E-state index contributed by atoms with van der Waals surface area (Å²) in [5, 5.41) is 3.45. The van der Waals surface area contributed by atoms with E-state index in [1.54, 1.807) is 6.20 Å². The minimum atomic E-state index is 0.0203. The number of nitrogens with one attached hydrogen (secondary N) is 1. The van der Waals surface area contributed by atoms with Crippen LogP contribution in [0.5, 0.6) is 5.75 Å². The highest BCUT2D eigenvalue weighted by molar-refractivity contribution is 5.27. The molecular formula is C15H24N2O3. The number of hydrogen-bond acceptors (Lipinski definition) is 5. The molecule has 0 saturated carbocycles. The zero-order valence-electron chi connectivity index (χ0n) is 12.3. The molecule has 0 aliphatic carbocycles. The van der Waals surface area contributed by atoms with E-state index < -0.39 is 0 Å². The lowest BCUT2D eigenvalue weighted by atomic mass is 10.0. The van der Waals surface area contributed by atoms with Gasteiger partial charge in [0.25, 0.3) is 0 Å². The molecule has 112 valence electrons. The Morgan fingerprint density at radius 1 is 1.40 bits per heavy atom. The highest BCUT2D eigenvalue weighted by Gasteiger charge is 2.26. The maximum atomic E-state index is 5.81. The summed E-state index contributed by atoms with van der Waals surface area (Å²) < 4.78 is 17.0. The van der Waals surface area contributed by atoms with Crippen LogP contribution in [0, 0.1) is 0 Å². The summed E-state index contributed by atoms with van der Waals surface area (Å²) in [4.78, 5) is 4.27. The molecule has 2 unspecified atom stereocenters. The van der Waals surface area contributed by atoms with Gasteiger partial charge < -0.3 is 19.5 Å². The molecule has 0 radical (unpaired) electrons. The van der Waals surface area contributed by atoms with E-state index in [9.17, 15) is 0 Å². The zero-order chi connectivity index (χ0) is 14.2. The molecule has 0 spiro atoms. The smallest absolute Gasteiger partial charge is 0.137 e. The fourth-order valence-corrected chi connectivity index (χ4v) is 2.29. The van der Waals surface area contributed by atoms with Gasteiger partial charge in [-0.25, -0.2) is 0 Å². The first-order chi connectivity index (χ1) is 9.85. The molecule has 1 fully saturated rings. The van der Waals surface area contributed by atoms with E-state index in [-0.39, 0.29) is 12.1 Å². The first kappa shape index (κ1) is 15.2. The van der Waals surface area contributed by atoms with Crippen molar-refractivity contribution in [3.63, 3.8) is 0 Å². The summed E-state index contributed by atoms with van der Waals surface area (Å²) in [6.45, 7) is 7.68. The van der Waals surface area contributed by atoms with Gasteiger partial charge in [0.1, 0.15) is 11.9 Å². The minimum absolute atomic E-state index is 0.0203. The average Bonchev–Trinajstić information content (AvgIpc) is 2.52. The predicted molar refractivity (Wildman–Crippen MR) is 77.0 cm³/mol. The molecule has 0 aromatic carbocycles. The predicted octanol–water partition coefficient (Wildman–Crippen LogP) is 1.94. The van der Waals surface area contributed by atoms with Gasteiger partial charge in [-0.1, -0.05) is 13.8 Å². The molecule has 1 aromatic heterocycles. The second kappa shape index (κ2) is 8.19. The molecule has 2 rings (SSSR count). The number of pyridine rings is 1. The van der Waals surface area contributed by atoms with Gasteiger partial charge in [-0.3, -0.25) is 4.98 Å². The van der Waals surface area contributed by atoms with Crippen molar-refractivity contribution in [3.8, 4) is 5.75 Å². The highest BCUT2D eigenvalue weighted by atomic mass is 16.6. The largest absolute Gasteiger partial charge is 0.492 e. The molecule has 0 bridgehead atoms. The maximum absolute atomic E-state index is 5.81. The fourth-order valence-electron chi connectivity index (χ4n) is 2.29. The third-order valence-corrected chi connectivity index (χ3v) is 3.20. The maximum Gasteiger partial charge on any atom is 0.137 e. The van der Waals surface area contributed by atoms with Crippen LogP contribution >= 0.6 is 0 Å². The molecule has 1 N–H and O–H groups in total. The lowest BCUT2D eigenvalue weighted by Gasteiger charge is -2.31. The summed E-state index contributed by atoms with van der Waals surface area (Å²) in [5.41, 5.74) is 1.08. The van der Waals surface area contributed by atoms with Crippen molar-refractivity contribution in [1.29, 1.82) is 0 Å². The van der Waals surface area contributed by atoms with E-state index in [0.717, 1.165) is 24.3 Å². The molecule has 5 nitrogen and oxygen atoms in total. The second-order valence-electron chi connectivity index (χ2n) is 4.82. The van der Waals surface area contributed by atoms with Crippen LogP contribution in [0.25, 0.3) is 0 Å². The summed E-state index contributed by atoms with van der Waals surface area (Å²) in [7, 11) is 0. The third-order valence-electron chi connectivity index (χ3n) is 3.20. The number of hydrogen-bond donors (Lipinski definition) is 1. The van der Waals surface area contributed by atoms with Crippen LogP contribution in [0.4, 0.5) is 0 Å². The summed E-state index contributed by atoms with van der Waals surface area (Å²) in [6, 6.07) is 2.12. The van der Waals surface area contributed by atoms with Gasteiger partial charge in [-0.2, -0.15) is 0 Å². The van der Waals surface area contributed by atoms with Crippen LogP contribution in [-0.4, -0.2) is 44.1 Å². The lowest BCUT2D eigenvalue weighted by molar-refractivity contribution is -0.102. The van der Waals surface area contributed by atoms with Gasteiger partial charge >= 0.3 is 0 Å². The molecule has 2 atom stereocenters. The SMILES string of the molecule is CCCOc1cncc(C(NCC)C2COCCO2)c1. The summed E-state index contributed by atoms with van der Waals surface area (Å²) >= 11 is 0. The van der Waals surface area contributed by atoms with Crippen molar-refractivity contribution in [1.82, 2.24) is 10.3 Å². The van der Waals surface area contributed by atoms with Gasteiger partial charge in [0.15, 0.2) is 0 Å². The van der Waals surface area contributed by atoms with E-state index in [0.29, 0.717) is 26.4 Å². The van der Waals surface area contributed by atoms with Gasteiger partial charge in [0.2, 0.25) is 0 Å². The monoisotopic (exact) mass is 280 g/mol. The first-order valence-corrected chi connectivity index (χ1v) is 7.35. The van der Waals surface area contributed by atoms with Crippen molar-refractivity contribution in [2.45, 2.75) is 32.4 Å². The van der Waals surface area contributed by atoms with Crippen LogP contribution in [0.15, 0.2) is 18.5 Å². The number of aromatic nitrogens is 1. The van der Waals surface area contributed by atoms with Crippen LogP contribution in [-0.2, 0) is 9.47 Å². The van der Waals surface area contributed by atoms with Gasteiger partial charge in [-0.05, 0) is 24.6 Å². The lowest BCUT2D eigenvalue weighted by Crippen LogP contribution is -2.40. The average molecular weight is 280 g/mol. The quantitative estimate of drug-likeness (QED) is 0.827. The number of likely N-dealkylation sites (N-methyl/N-ethyl adjacent to an activating group) is 1. The van der Waals surface area contributed by atoms with Crippen molar-refractivity contribution < 1.29 is 14.2 Å². The topological polar surface area (TPSA) is 52.6 Å². The summed E-state index contributed by atoms with van der Waals surface area (Å²) in [5.74, 6) is 0.809. The summed E-state index contributed by atoms with van der Waals surface area (Å²) in [6.07, 6.45) is 4.62. The third kappa shape index (κ3) is 4.16. The van der Waals surface area contributed by atoms with Gasteiger partial charge in [0.05, 0.1) is 38.7 Å². The molecule has 20 heavy (non-hydrogen) atoms. The Balaban J connectivity index is 2.10. The first-order valence-electron chi connectivity index (χ1n) is 7.35. The Hall–Kier alpha value is -1.17. The van der Waals surface area contributed by atoms with Gasteiger partial charge in [-0.15, -0.1) is 0 Å². The Labute approximate surface area is 120 Å². The Morgan fingerprint density at radius 3 is 3.00 bits per heavy atom. The van der Waals surface area contributed by atoms with E-state index >= 15 is 0 Å². The fraction of sp³-hybridized carbons (Fsp3) is 0.667. The van der Waals surface area contributed by atoms with Crippen molar-refractivity contribution >= 4 is 0 Å². The number of rotatable bonds is 7. The van der Waals surface area contributed by atoms with E-state index in [1.807, 2.05) is 12.3 Å². The van der Waals surface area contributed by atoms with E-state index in [1.165, 1.54) is 0 Å².